The summed E-state index contributed by atoms with van der Waals surface area (Å²) in [5, 5.41) is 2.46. The maximum Gasteiger partial charge on any atom is 0.430 e. The van der Waals surface area contributed by atoms with E-state index in [1.165, 1.54) is 0 Å². The third-order valence-electron chi connectivity index (χ3n) is 3.05. The number of hydrogen-bond acceptors (Lipinski definition) is 1. The fraction of sp³-hybridized carbons (Fsp3) is 0.714. The van der Waals surface area contributed by atoms with Crippen molar-refractivity contribution in [2.24, 2.45) is 5.92 Å². The first-order valence-electron chi connectivity index (χ1n) is 6.52. The highest BCUT2D eigenvalue weighted by Crippen LogP contribution is 2.24. The summed E-state index contributed by atoms with van der Waals surface area (Å²) in [4.78, 5) is 0. The number of halogens is 3. The molecule has 0 aliphatic rings. The van der Waals surface area contributed by atoms with Crippen LogP contribution in [0.15, 0.2) is 23.4 Å². The second kappa shape index (κ2) is 8.22. The highest BCUT2D eigenvalue weighted by molar-refractivity contribution is 5.20. The number of allylic oxidation sites excluding steroid dienone is 4. The second-order valence-electron chi connectivity index (χ2n) is 4.58. The Bertz CT molecular complexity index is 290. The quantitative estimate of drug-likeness (QED) is 0.513. The van der Waals surface area contributed by atoms with Crippen LogP contribution in [0.5, 0.6) is 0 Å². The van der Waals surface area contributed by atoms with E-state index in [-0.39, 0.29) is 0 Å². The average Bonchev–Trinajstić information content (AvgIpc) is 2.30. The molecular weight excluding hydrogens is 239 g/mol. The van der Waals surface area contributed by atoms with Crippen LogP contribution in [-0.2, 0) is 0 Å². The third-order valence-corrected chi connectivity index (χ3v) is 3.05. The van der Waals surface area contributed by atoms with E-state index in [4.69, 9.17) is 0 Å². The summed E-state index contributed by atoms with van der Waals surface area (Å²) in [7, 11) is 0. The molecule has 0 bridgehead atoms. The van der Waals surface area contributed by atoms with Gasteiger partial charge in [0.25, 0.3) is 0 Å². The Morgan fingerprint density at radius 1 is 1.22 bits per heavy atom. The summed E-state index contributed by atoms with van der Waals surface area (Å²) >= 11 is 0. The van der Waals surface area contributed by atoms with Crippen molar-refractivity contribution in [2.45, 2.75) is 53.1 Å². The maximum atomic E-state index is 12.7. The molecule has 0 aliphatic carbocycles. The molecule has 4 heteroatoms. The van der Waals surface area contributed by atoms with Gasteiger partial charge in [0.15, 0.2) is 0 Å². The zero-order valence-electron chi connectivity index (χ0n) is 11.7. The monoisotopic (exact) mass is 263 g/mol. The maximum absolute atomic E-state index is 12.7. The van der Waals surface area contributed by atoms with Gasteiger partial charge in [-0.1, -0.05) is 38.8 Å². The zero-order valence-corrected chi connectivity index (χ0v) is 11.7. The Balaban J connectivity index is 4.75. The van der Waals surface area contributed by atoms with Crippen molar-refractivity contribution in [2.75, 3.05) is 6.54 Å². The lowest BCUT2D eigenvalue weighted by molar-refractivity contribution is -0.0967. The van der Waals surface area contributed by atoms with Crippen LogP contribution < -0.4 is 5.32 Å². The zero-order chi connectivity index (χ0) is 14.2. The largest absolute Gasteiger partial charge is 0.430 e. The van der Waals surface area contributed by atoms with Gasteiger partial charge in [0.2, 0.25) is 0 Å². The van der Waals surface area contributed by atoms with E-state index < -0.39 is 11.9 Å². The van der Waals surface area contributed by atoms with Gasteiger partial charge in [-0.25, -0.2) is 0 Å². The van der Waals surface area contributed by atoms with Gasteiger partial charge in [0.05, 0.1) is 0 Å². The van der Waals surface area contributed by atoms with Crippen molar-refractivity contribution >= 4 is 0 Å². The predicted octanol–water partition coefficient (Wildman–Crippen LogP) is 4.81. The van der Waals surface area contributed by atoms with Gasteiger partial charge in [0, 0.05) is 6.54 Å². The van der Waals surface area contributed by atoms with Crippen molar-refractivity contribution < 1.29 is 13.2 Å². The predicted molar refractivity (Wildman–Crippen MR) is 70.3 cm³/mol. The minimum absolute atomic E-state index is 0.311. The molecule has 106 valence electrons. The standard InChI is InChI=1S/C14H24F3N/c1-5-7-10-18-13(14(15,16)17)9-8-12(4)11(3)6-2/h8-9,11,18H,5-7,10H2,1-4H3/b12-8-,13-9-. The number of alkyl halides is 3. The minimum atomic E-state index is -4.31. The normalized spacial score (nSPS) is 15.7. The van der Waals surface area contributed by atoms with Gasteiger partial charge >= 0.3 is 6.18 Å². The second-order valence-corrected chi connectivity index (χ2v) is 4.58. The van der Waals surface area contributed by atoms with Crippen LogP contribution in [0.25, 0.3) is 0 Å². The summed E-state index contributed by atoms with van der Waals surface area (Å²) in [6.07, 6.45) is 0.954. The molecule has 1 unspecified atom stereocenters. The van der Waals surface area contributed by atoms with Gasteiger partial charge in [-0.2, -0.15) is 13.2 Å². The Morgan fingerprint density at radius 3 is 2.28 bits per heavy atom. The number of hydrogen-bond donors (Lipinski definition) is 1. The summed E-state index contributed by atoms with van der Waals surface area (Å²) in [6, 6.07) is 0. The van der Waals surface area contributed by atoms with E-state index >= 15 is 0 Å². The molecule has 0 saturated heterocycles. The van der Waals surface area contributed by atoms with Crippen molar-refractivity contribution in [1.82, 2.24) is 5.32 Å². The average molecular weight is 263 g/mol. The van der Waals surface area contributed by atoms with Crippen molar-refractivity contribution in [3.8, 4) is 0 Å². The summed E-state index contributed by atoms with van der Waals surface area (Å²) in [6.45, 7) is 8.21. The molecule has 0 spiro atoms. The lowest BCUT2D eigenvalue weighted by Crippen LogP contribution is -2.26. The van der Waals surface area contributed by atoms with Crippen LogP contribution in [-0.4, -0.2) is 12.7 Å². The van der Waals surface area contributed by atoms with E-state index in [2.05, 4.69) is 5.32 Å². The molecule has 0 aromatic heterocycles. The Hall–Kier alpha value is -0.930. The lowest BCUT2D eigenvalue weighted by atomic mass is 10.00. The summed E-state index contributed by atoms with van der Waals surface area (Å²) in [5.41, 5.74) is 0.315. The van der Waals surface area contributed by atoms with Gasteiger partial charge in [0.1, 0.15) is 5.70 Å². The van der Waals surface area contributed by atoms with Crippen LogP contribution in [0.3, 0.4) is 0 Å². The van der Waals surface area contributed by atoms with Crippen LogP contribution in [0, 0.1) is 5.92 Å². The Morgan fingerprint density at radius 2 is 1.83 bits per heavy atom. The highest BCUT2D eigenvalue weighted by Gasteiger charge is 2.33. The first-order chi connectivity index (χ1) is 8.32. The molecule has 1 nitrogen and oxygen atoms in total. The molecule has 0 amide bonds. The molecule has 0 aliphatic heterocycles. The lowest BCUT2D eigenvalue weighted by Gasteiger charge is -2.14. The topological polar surface area (TPSA) is 12.0 Å². The summed E-state index contributed by atoms with van der Waals surface area (Å²) in [5.74, 6) is 0.311. The third kappa shape index (κ3) is 6.72. The van der Waals surface area contributed by atoms with E-state index in [0.29, 0.717) is 12.5 Å². The molecule has 0 fully saturated rings. The smallest absolute Gasteiger partial charge is 0.381 e. The van der Waals surface area contributed by atoms with Gasteiger partial charge < -0.3 is 5.32 Å². The molecule has 1 atom stereocenters. The van der Waals surface area contributed by atoms with Crippen molar-refractivity contribution in [1.29, 1.82) is 0 Å². The first-order valence-corrected chi connectivity index (χ1v) is 6.52. The first kappa shape index (κ1) is 17.1. The highest BCUT2D eigenvalue weighted by atomic mass is 19.4. The molecule has 0 radical (unpaired) electrons. The SMILES string of the molecule is CCCCN/C(=C\C=C(\C)C(C)CC)C(F)(F)F. The van der Waals surface area contributed by atoms with Crippen molar-refractivity contribution in [3.63, 3.8) is 0 Å². The Labute approximate surface area is 108 Å². The molecule has 0 heterocycles. The number of unbranched alkanes of at least 4 members (excludes halogenated alkanes) is 1. The molecule has 0 aromatic rings. The molecule has 0 aromatic carbocycles. The van der Waals surface area contributed by atoms with Crippen molar-refractivity contribution in [3.05, 3.63) is 23.4 Å². The molecule has 1 N–H and O–H groups in total. The minimum Gasteiger partial charge on any atom is -0.381 e. The van der Waals surface area contributed by atoms with Crippen LogP contribution in [0.2, 0.25) is 0 Å². The number of rotatable bonds is 7. The molecule has 0 rings (SSSR count). The fourth-order valence-electron chi connectivity index (χ4n) is 1.35. The molecule has 0 saturated carbocycles. The fourth-order valence-corrected chi connectivity index (χ4v) is 1.35. The number of nitrogens with one attached hydrogen (secondary N) is 1. The van der Waals surface area contributed by atoms with Crippen LogP contribution >= 0.6 is 0 Å². The van der Waals surface area contributed by atoms with Crippen LogP contribution in [0.1, 0.15) is 47.0 Å². The van der Waals surface area contributed by atoms with Crippen LogP contribution in [0.4, 0.5) is 13.2 Å². The van der Waals surface area contributed by atoms with E-state index in [9.17, 15) is 13.2 Å². The summed E-state index contributed by atoms with van der Waals surface area (Å²) < 4.78 is 38.2. The van der Waals surface area contributed by atoms with E-state index in [0.717, 1.165) is 30.9 Å². The van der Waals surface area contributed by atoms with Gasteiger partial charge in [-0.05, 0) is 31.8 Å². The molecule has 18 heavy (non-hydrogen) atoms. The van der Waals surface area contributed by atoms with E-state index in [1.54, 1.807) is 6.08 Å². The van der Waals surface area contributed by atoms with Gasteiger partial charge in [-0.15, -0.1) is 0 Å². The Kier molecular flexibility index (Phi) is 7.80. The van der Waals surface area contributed by atoms with E-state index in [1.807, 2.05) is 27.7 Å². The van der Waals surface area contributed by atoms with Gasteiger partial charge in [-0.3, -0.25) is 0 Å². The molecular formula is C14H24F3N.